The molecule has 0 radical (unpaired) electrons. The molecule has 2 atom stereocenters. The number of halogens is 2. The van der Waals surface area contributed by atoms with Crippen LogP contribution >= 0.6 is 23.2 Å². The van der Waals surface area contributed by atoms with Crippen LogP contribution in [0.15, 0.2) is 11.6 Å². The van der Waals surface area contributed by atoms with Crippen LogP contribution in [0, 0.1) is 11.8 Å². The second kappa shape index (κ2) is 2.49. The van der Waals surface area contributed by atoms with Crippen molar-refractivity contribution in [3.05, 3.63) is 11.6 Å². The second-order valence-electron chi connectivity index (χ2n) is 3.27. The van der Waals surface area contributed by atoms with Crippen LogP contribution in [-0.4, -0.2) is 21.2 Å². The molecule has 0 bridgehead atoms. The Morgan fingerprint density at radius 3 is 2.77 bits per heavy atom. The summed E-state index contributed by atoms with van der Waals surface area (Å²) in [6.45, 7) is 0. The number of carboxylic acids is 1. The lowest BCUT2D eigenvalue weighted by Crippen LogP contribution is -2.55. The summed E-state index contributed by atoms with van der Waals surface area (Å²) in [4.78, 5) is 22.0. The molecule has 0 heterocycles. The highest BCUT2D eigenvalue weighted by atomic mass is 35.5. The average molecular weight is 221 g/mol. The third-order valence-corrected chi connectivity index (χ3v) is 3.59. The number of alkyl halides is 2. The summed E-state index contributed by atoms with van der Waals surface area (Å²) >= 11 is 11.4. The number of fused-ring (bicyclic) bond motifs is 1. The standard InChI is InChI=1S/C8H6Cl2O3/c9-8(10)4-2-1-3(7(12)13)5(4)6(8)11/h1,4-5H,2H2,(H,12,13). The number of Topliss-reactive ketones (excluding diaryl/α,β-unsaturated/α-hetero) is 1. The summed E-state index contributed by atoms with van der Waals surface area (Å²) in [6.07, 6.45) is 2.01. The number of allylic oxidation sites excluding steroid dienone is 1. The van der Waals surface area contributed by atoms with Crippen molar-refractivity contribution in [3.8, 4) is 0 Å². The molecular weight excluding hydrogens is 215 g/mol. The van der Waals surface area contributed by atoms with Gasteiger partial charge in [-0.25, -0.2) is 4.79 Å². The molecule has 1 fully saturated rings. The fraction of sp³-hybridized carbons (Fsp3) is 0.500. The fourth-order valence-corrected chi connectivity index (χ4v) is 2.59. The predicted octanol–water partition coefficient (Wildman–Crippen LogP) is 1.39. The van der Waals surface area contributed by atoms with Gasteiger partial charge in [0.2, 0.25) is 0 Å². The fourth-order valence-electron chi connectivity index (χ4n) is 1.93. The Hall–Kier alpha value is -0.540. The maximum absolute atomic E-state index is 11.3. The van der Waals surface area contributed by atoms with E-state index in [9.17, 15) is 9.59 Å². The average Bonchev–Trinajstić information content (AvgIpc) is 2.45. The molecule has 70 valence electrons. The second-order valence-corrected chi connectivity index (χ2v) is 4.66. The lowest BCUT2D eigenvalue weighted by Gasteiger charge is -2.41. The first-order valence-electron chi connectivity index (χ1n) is 3.81. The Morgan fingerprint density at radius 1 is 1.62 bits per heavy atom. The molecule has 0 saturated heterocycles. The number of carbonyl (C=O) groups excluding carboxylic acids is 1. The number of ketones is 1. The molecule has 0 aliphatic heterocycles. The Morgan fingerprint density at radius 2 is 2.23 bits per heavy atom. The molecule has 2 aliphatic rings. The Bertz CT molecular complexity index is 332. The molecule has 2 unspecified atom stereocenters. The monoisotopic (exact) mass is 220 g/mol. The molecule has 0 spiro atoms. The third-order valence-electron chi connectivity index (χ3n) is 2.65. The van der Waals surface area contributed by atoms with Crippen molar-refractivity contribution in [2.75, 3.05) is 0 Å². The van der Waals surface area contributed by atoms with Gasteiger partial charge in [0.1, 0.15) is 0 Å². The zero-order chi connectivity index (χ0) is 9.80. The normalized spacial score (nSPS) is 34.9. The predicted molar refractivity (Wildman–Crippen MR) is 46.8 cm³/mol. The van der Waals surface area contributed by atoms with Crippen molar-refractivity contribution in [2.45, 2.75) is 10.8 Å². The van der Waals surface area contributed by atoms with E-state index in [0.29, 0.717) is 6.42 Å². The van der Waals surface area contributed by atoms with Gasteiger partial charge >= 0.3 is 5.97 Å². The molecule has 2 aliphatic carbocycles. The maximum atomic E-state index is 11.3. The molecule has 13 heavy (non-hydrogen) atoms. The molecule has 0 aromatic heterocycles. The SMILES string of the molecule is O=C(O)C1=CCC2C1C(=O)C2(Cl)Cl. The summed E-state index contributed by atoms with van der Waals surface area (Å²) < 4.78 is -1.36. The molecular formula is C8H6Cl2O3. The number of hydrogen-bond acceptors (Lipinski definition) is 2. The Balaban J connectivity index is 2.28. The Labute approximate surface area is 84.3 Å². The first-order chi connectivity index (χ1) is 5.96. The first-order valence-corrected chi connectivity index (χ1v) is 4.57. The van der Waals surface area contributed by atoms with Gasteiger partial charge in [-0.1, -0.05) is 29.3 Å². The number of carboxylic acid groups (broad SMARTS) is 1. The number of carbonyl (C=O) groups is 2. The van der Waals surface area contributed by atoms with Gasteiger partial charge in [-0.3, -0.25) is 4.79 Å². The van der Waals surface area contributed by atoms with Gasteiger partial charge in [0, 0.05) is 11.5 Å². The van der Waals surface area contributed by atoms with E-state index in [1.807, 2.05) is 0 Å². The first kappa shape index (κ1) is 9.03. The van der Waals surface area contributed by atoms with E-state index in [1.165, 1.54) is 6.08 Å². The Kier molecular flexibility index (Phi) is 1.73. The highest BCUT2D eigenvalue weighted by molar-refractivity contribution is 6.61. The van der Waals surface area contributed by atoms with Crippen LogP contribution in [0.1, 0.15) is 6.42 Å². The van der Waals surface area contributed by atoms with Crippen LogP contribution in [0.25, 0.3) is 0 Å². The highest BCUT2D eigenvalue weighted by Crippen LogP contribution is 2.56. The van der Waals surface area contributed by atoms with E-state index < -0.39 is 16.2 Å². The summed E-state index contributed by atoms with van der Waals surface area (Å²) in [5.41, 5.74) is 0.145. The molecule has 1 N–H and O–H groups in total. The van der Waals surface area contributed by atoms with Crippen LogP contribution in [-0.2, 0) is 9.59 Å². The minimum atomic E-state index is -1.36. The van der Waals surface area contributed by atoms with E-state index in [4.69, 9.17) is 28.3 Å². The van der Waals surface area contributed by atoms with Gasteiger partial charge in [0.25, 0.3) is 0 Å². The summed E-state index contributed by atoms with van der Waals surface area (Å²) in [5.74, 6) is -2.25. The van der Waals surface area contributed by atoms with Crippen molar-refractivity contribution in [1.82, 2.24) is 0 Å². The van der Waals surface area contributed by atoms with E-state index in [0.717, 1.165) is 0 Å². The number of rotatable bonds is 1. The smallest absolute Gasteiger partial charge is 0.331 e. The summed E-state index contributed by atoms with van der Waals surface area (Å²) in [6, 6.07) is 0. The van der Waals surface area contributed by atoms with Crippen LogP contribution in [0.2, 0.25) is 0 Å². The molecule has 0 aromatic rings. The van der Waals surface area contributed by atoms with Crippen LogP contribution in [0.4, 0.5) is 0 Å². The summed E-state index contributed by atoms with van der Waals surface area (Å²) in [5, 5.41) is 8.72. The van der Waals surface area contributed by atoms with Crippen molar-refractivity contribution >= 4 is 35.0 Å². The number of aliphatic carboxylic acids is 1. The van der Waals surface area contributed by atoms with Gasteiger partial charge in [-0.15, -0.1) is 0 Å². The van der Waals surface area contributed by atoms with E-state index >= 15 is 0 Å². The van der Waals surface area contributed by atoms with Crippen molar-refractivity contribution in [2.24, 2.45) is 11.8 Å². The van der Waals surface area contributed by atoms with Crippen molar-refractivity contribution in [1.29, 1.82) is 0 Å². The van der Waals surface area contributed by atoms with E-state index in [-0.39, 0.29) is 17.3 Å². The molecule has 0 amide bonds. The molecule has 2 rings (SSSR count). The van der Waals surface area contributed by atoms with Crippen molar-refractivity contribution in [3.63, 3.8) is 0 Å². The van der Waals surface area contributed by atoms with Crippen LogP contribution in [0.5, 0.6) is 0 Å². The lowest BCUT2D eigenvalue weighted by molar-refractivity contribution is -0.139. The third kappa shape index (κ3) is 0.973. The van der Waals surface area contributed by atoms with Gasteiger partial charge in [0.05, 0.1) is 5.92 Å². The van der Waals surface area contributed by atoms with Gasteiger partial charge < -0.3 is 5.11 Å². The van der Waals surface area contributed by atoms with Crippen LogP contribution < -0.4 is 0 Å². The molecule has 3 nitrogen and oxygen atoms in total. The van der Waals surface area contributed by atoms with Crippen LogP contribution in [0.3, 0.4) is 0 Å². The largest absolute Gasteiger partial charge is 0.478 e. The zero-order valence-electron chi connectivity index (χ0n) is 6.46. The minimum Gasteiger partial charge on any atom is -0.478 e. The number of hydrogen-bond donors (Lipinski definition) is 1. The highest BCUT2D eigenvalue weighted by Gasteiger charge is 2.63. The van der Waals surface area contributed by atoms with E-state index in [1.54, 1.807) is 0 Å². The van der Waals surface area contributed by atoms with Gasteiger partial charge in [0.15, 0.2) is 10.1 Å². The maximum Gasteiger partial charge on any atom is 0.331 e. The summed E-state index contributed by atoms with van der Waals surface area (Å²) in [7, 11) is 0. The van der Waals surface area contributed by atoms with Gasteiger partial charge in [-0.05, 0) is 6.42 Å². The quantitative estimate of drug-likeness (QED) is 0.680. The zero-order valence-corrected chi connectivity index (χ0v) is 7.97. The van der Waals surface area contributed by atoms with E-state index in [2.05, 4.69) is 0 Å². The van der Waals surface area contributed by atoms with Gasteiger partial charge in [-0.2, -0.15) is 0 Å². The molecule has 1 saturated carbocycles. The molecule has 0 aromatic carbocycles. The lowest BCUT2D eigenvalue weighted by atomic mass is 9.71. The van der Waals surface area contributed by atoms with Crippen molar-refractivity contribution < 1.29 is 14.7 Å². The molecule has 5 heteroatoms. The topological polar surface area (TPSA) is 54.4 Å². The minimum absolute atomic E-state index is 0.145.